The second-order valence-corrected chi connectivity index (χ2v) is 5.45. The summed E-state index contributed by atoms with van der Waals surface area (Å²) in [4.78, 5) is 12.1. The quantitative estimate of drug-likeness (QED) is 0.769. The predicted octanol–water partition coefficient (Wildman–Crippen LogP) is 2.50. The van der Waals surface area contributed by atoms with E-state index in [4.69, 9.17) is 4.74 Å². The Kier molecular flexibility index (Phi) is 4.84. The molecule has 1 saturated heterocycles. The second kappa shape index (κ2) is 6.39. The predicted molar refractivity (Wildman–Crippen MR) is 67.7 cm³/mol. The van der Waals surface area contributed by atoms with Crippen LogP contribution in [0.5, 0.6) is 0 Å². The highest BCUT2D eigenvalue weighted by Crippen LogP contribution is 2.30. The summed E-state index contributed by atoms with van der Waals surface area (Å²) in [5.74, 6) is 0.821. The van der Waals surface area contributed by atoms with Crippen LogP contribution in [0, 0.1) is 11.8 Å². The average Bonchev–Trinajstić information content (AvgIpc) is 2.40. The van der Waals surface area contributed by atoms with Crippen molar-refractivity contribution in [1.29, 1.82) is 0 Å². The third kappa shape index (κ3) is 3.44. The van der Waals surface area contributed by atoms with Gasteiger partial charge in [-0.25, -0.2) is 0 Å². The van der Waals surface area contributed by atoms with Crippen molar-refractivity contribution < 1.29 is 9.53 Å². The van der Waals surface area contributed by atoms with Gasteiger partial charge in [0.05, 0.1) is 5.92 Å². The molecule has 2 aliphatic rings. The largest absolute Gasteiger partial charge is 0.462 e. The zero-order valence-corrected chi connectivity index (χ0v) is 10.9. The molecule has 2 unspecified atom stereocenters. The molecule has 2 rings (SSSR count). The maximum absolute atomic E-state index is 12.1. The standard InChI is InChI=1S/C14H25NO2/c1-2-11-5-3-4-6-13(11)17-14(16)12-7-9-15-10-8-12/h11-13,15H,2-10H2,1H3. The summed E-state index contributed by atoms with van der Waals surface area (Å²) >= 11 is 0. The normalized spacial score (nSPS) is 31.1. The van der Waals surface area contributed by atoms with E-state index in [1.807, 2.05) is 0 Å². The summed E-state index contributed by atoms with van der Waals surface area (Å²) in [6.07, 6.45) is 8.09. The molecular formula is C14H25NO2. The number of hydrogen-bond donors (Lipinski definition) is 1. The van der Waals surface area contributed by atoms with Gasteiger partial charge in [0.25, 0.3) is 0 Å². The fourth-order valence-corrected chi connectivity index (χ4v) is 3.10. The maximum Gasteiger partial charge on any atom is 0.309 e. The van der Waals surface area contributed by atoms with Crippen molar-refractivity contribution >= 4 is 5.97 Å². The SMILES string of the molecule is CCC1CCCCC1OC(=O)C1CCNCC1. The number of carbonyl (C=O) groups is 1. The average molecular weight is 239 g/mol. The van der Waals surface area contributed by atoms with Crippen LogP contribution in [0.15, 0.2) is 0 Å². The van der Waals surface area contributed by atoms with Crippen molar-refractivity contribution in [3.05, 3.63) is 0 Å². The topological polar surface area (TPSA) is 38.3 Å². The van der Waals surface area contributed by atoms with Gasteiger partial charge in [-0.05, 0) is 57.5 Å². The van der Waals surface area contributed by atoms with Gasteiger partial charge < -0.3 is 10.1 Å². The molecule has 1 aliphatic heterocycles. The Morgan fingerprint density at radius 3 is 2.59 bits per heavy atom. The molecule has 3 nitrogen and oxygen atoms in total. The first-order valence-corrected chi connectivity index (χ1v) is 7.22. The van der Waals surface area contributed by atoms with Crippen LogP contribution in [0.1, 0.15) is 51.9 Å². The van der Waals surface area contributed by atoms with E-state index in [1.54, 1.807) is 0 Å². The summed E-state index contributed by atoms with van der Waals surface area (Å²) in [6.45, 7) is 4.13. The molecule has 0 amide bonds. The van der Waals surface area contributed by atoms with Crippen molar-refractivity contribution in [2.45, 2.75) is 58.0 Å². The number of rotatable bonds is 3. The number of carbonyl (C=O) groups excluding carboxylic acids is 1. The van der Waals surface area contributed by atoms with Gasteiger partial charge in [-0.1, -0.05) is 13.3 Å². The highest BCUT2D eigenvalue weighted by atomic mass is 16.5. The summed E-state index contributed by atoms with van der Waals surface area (Å²) in [7, 11) is 0. The van der Waals surface area contributed by atoms with E-state index in [2.05, 4.69) is 12.2 Å². The molecule has 17 heavy (non-hydrogen) atoms. The Hall–Kier alpha value is -0.570. The fourth-order valence-electron chi connectivity index (χ4n) is 3.10. The van der Waals surface area contributed by atoms with E-state index >= 15 is 0 Å². The number of hydrogen-bond acceptors (Lipinski definition) is 3. The number of piperidine rings is 1. The van der Waals surface area contributed by atoms with Crippen LogP contribution >= 0.6 is 0 Å². The monoisotopic (exact) mass is 239 g/mol. The molecule has 0 aromatic carbocycles. The summed E-state index contributed by atoms with van der Waals surface area (Å²) in [5.41, 5.74) is 0. The Morgan fingerprint density at radius 1 is 1.18 bits per heavy atom. The van der Waals surface area contributed by atoms with Crippen LogP contribution in [-0.2, 0) is 9.53 Å². The number of ether oxygens (including phenoxy) is 1. The first kappa shape index (κ1) is 12.9. The lowest BCUT2D eigenvalue weighted by atomic mass is 9.84. The Bertz CT molecular complexity index is 249. The van der Waals surface area contributed by atoms with Crippen LogP contribution in [0.3, 0.4) is 0 Å². The second-order valence-electron chi connectivity index (χ2n) is 5.45. The van der Waals surface area contributed by atoms with E-state index < -0.39 is 0 Å². The molecule has 0 radical (unpaired) electrons. The van der Waals surface area contributed by atoms with Gasteiger partial charge in [0, 0.05) is 0 Å². The summed E-state index contributed by atoms with van der Waals surface area (Å²) < 4.78 is 5.77. The molecule has 0 spiro atoms. The minimum Gasteiger partial charge on any atom is -0.462 e. The van der Waals surface area contributed by atoms with Gasteiger partial charge >= 0.3 is 5.97 Å². The van der Waals surface area contributed by atoms with Crippen molar-refractivity contribution in [2.24, 2.45) is 11.8 Å². The van der Waals surface area contributed by atoms with Crippen molar-refractivity contribution in [3.63, 3.8) is 0 Å². The van der Waals surface area contributed by atoms with E-state index in [-0.39, 0.29) is 18.0 Å². The van der Waals surface area contributed by atoms with Crippen LogP contribution in [0.25, 0.3) is 0 Å². The molecule has 2 fully saturated rings. The highest BCUT2D eigenvalue weighted by Gasteiger charge is 2.30. The maximum atomic E-state index is 12.1. The molecule has 0 aromatic heterocycles. The van der Waals surface area contributed by atoms with Crippen LogP contribution in [0.4, 0.5) is 0 Å². The first-order chi connectivity index (χ1) is 8.31. The lowest BCUT2D eigenvalue weighted by Crippen LogP contribution is -2.36. The third-order valence-corrected chi connectivity index (χ3v) is 4.30. The van der Waals surface area contributed by atoms with E-state index in [0.29, 0.717) is 5.92 Å². The lowest BCUT2D eigenvalue weighted by Gasteiger charge is -2.32. The molecule has 1 aliphatic carbocycles. The number of nitrogens with one attached hydrogen (secondary N) is 1. The van der Waals surface area contributed by atoms with Crippen molar-refractivity contribution in [1.82, 2.24) is 5.32 Å². The van der Waals surface area contributed by atoms with Crippen molar-refractivity contribution in [2.75, 3.05) is 13.1 Å². The molecule has 0 aromatic rings. The zero-order valence-electron chi connectivity index (χ0n) is 10.9. The lowest BCUT2D eigenvalue weighted by molar-refractivity contribution is -0.159. The molecule has 2 atom stereocenters. The summed E-state index contributed by atoms with van der Waals surface area (Å²) in [6, 6.07) is 0. The van der Waals surface area contributed by atoms with Crippen molar-refractivity contribution in [3.8, 4) is 0 Å². The fraction of sp³-hybridized carbons (Fsp3) is 0.929. The Balaban J connectivity index is 1.83. The third-order valence-electron chi connectivity index (χ3n) is 4.30. The molecule has 1 saturated carbocycles. The molecule has 0 bridgehead atoms. The molecule has 98 valence electrons. The summed E-state index contributed by atoms with van der Waals surface area (Å²) in [5, 5.41) is 3.29. The minimum atomic E-state index is 0.0665. The van der Waals surface area contributed by atoms with E-state index in [9.17, 15) is 4.79 Å². The molecule has 3 heteroatoms. The number of esters is 1. The van der Waals surface area contributed by atoms with Crippen LogP contribution < -0.4 is 5.32 Å². The van der Waals surface area contributed by atoms with Gasteiger partial charge in [-0.2, -0.15) is 0 Å². The van der Waals surface area contributed by atoms with Gasteiger partial charge in [-0.15, -0.1) is 0 Å². The Morgan fingerprint density at radius 2 is 1.88 bits per heavy atom. The van der Waals surface area contributed by atoms with Gasteiger partial charge in [-0.3, -0.25) is 4.79 Å². The van der Waals surface area contributed by atoms with Gasteiger partial charge in [0.1, 0.15) is 6.10 Å². The minimum absolute atomic E-state index is 0.0665. The van der Waals surface area contributed by atoms with Gasteiger partial charge in [0.15, 0.2) is 0 Å². The smallest absolute Gasteiger partial charge is 0.309 e. The zero-order chi connectivity index (χ0) is 12.1. The molecule has 1 N–H and O–H groups in total. The Labute approximate surface area is 104 Å². The van der Waals surface area contributed by atoms with Gasteiger partial charge in [0.2, 0.25) is 0 Å². The highest BCUT2D eigenvalue weighted by molar-refractivity contribution is 5.72. The first-order valence-electron chi connectivity index (χ1n) is 7.22. The van der Waals surface area contributed by atoms with Crippen LogP contribution in [-0.4, -0.2) is 25.2 Å². The van der Waals surface area contributed by atoms with E-state index in [1.165, 1.54) is 19.3 Å². The molecule has 1 heterocycles. The molecular weight excluding hydrogens is 214 g/mol. The van der Waals surface area contributed by atoms with Crippen LogP contribution in [0.2, 0.25) is 0 Å². The van der Waals surface area contributed by atoms with E-state index in [0.717, 1.165) is 38.8 Å².